The Morgan fingerprint density at radius 2 is 2.10 bits per heavy atom. The second-order valence-corrected chi connectivity index (χ2v) is 7.80. The average Bonchev–Trinajstić information content (AvgIpc) is 3.30. The quantitative estimate of drug-likeness (QED) is 0.738. The van der Waals surface area contributed by atoms with Gasteiger partial charge in [-0.05, 0) is 43.0 Å². The summed E-state index contributed by atoms with van der Waals surface area (Å²) in [4.78, 5) is 11.1. The fourth-order valence-electron chi connectivity index (χ4n) is 3.97. The van der Waals surface area contributed by atoms with Crippen molar-refractivity contribution < 1.29 is 17.9 Å². The van der Waals surface area contributed by atoms with Gasteiger partial charge in [-0.15, -0.1) is 0 Å². The predicted molar refractivity (Wildman–Crippen MR) is 103 cm³/mol. The molecule has 1 aromatic heterocycles. The maximum atomic E-state index is 13.1. The van der Waals surface area contributed by atoms with Crippen molar-refractivity contribution in [3.8, 4) is 0 Å². The SMILES string of the molecule is C[C@@H](Nc1ncnc2c1CN(CC1CCOC1)C2)c1cc(N)cc(C(F)(F)F)c1. The summed E-state index contributed by atoms with van der Waals surface area (Å²) >= 11 is 0. The highest BCUT2D eigenvalue weighted by Crippen LogP contribution is 2.34. The zero-order valence-electron chi connectivity index (χ0n) is 16.2. The van der Waals surface area contributed by atoms with Gasteiger partial charge in [0.05, 0.1) is 23.9 Å². The van der Waals surface area contributed by atoms with Gasteiger partial charge in [-0.1, -0.05) is 0 Å². The van der Waals surface area contributed by atoms with Crippen LogP contribution in [0, 0.1) is 5.92 Å². The zero-order chi connectivity index (χ0) is 20.6. The topological polar surface area (TPSA) is 76.3 Å². The molecule has 2 aliphatic rings. The lowest BCUT2D eigenvalue weighted by Gasteiger charge is -2.20. The number of nitrogen functional groups attached to an aromatic ring is 1. The molecule has 2 aromatic rings. The Bertz CT molecular complexity index is 883. The van der Waals surface area contributed by atoms with Gasteiger partial charge >= 0.3 is 6.18 Å². The van der Waals surface area contributed by atoms with E-state index in [1.54, 1.807) is 13.0 Å². The lowest BCUT2D eigenvalue weighted by atomic mass is 10.0. The van der Waals surface area contributed by atoms with Crippen molar-refractivity contribution >= 4 is 11.5 Å². The number of nitrogens with zero attached hydrogens (tertiary/aromatic N) is 3. The Kier molecular flexibility index (Phi) is 5.35. The molecule has 1 saturated heterocycles. The van der Waals surface area contributed by atoms with Gasteiger partial charge < -0.3 is 15.8 Å². The molecule has 0 radical (unpaired) electrons. The van der Waals surface area contributed by atoms with Crippen LogP contribution in [-0.2, 0) is 24.0 Å². The lowest BCUT2D eigenvalue weighted by molar-refractivity contribution is -0.137. The summed E-state index contributed by atoms with van der Waals surface area (Å²) in [5, 5.41) is 3.25. The smallest absolute Gasteiger partial charge is 0.399 e. The normalized spacial score (nSPS) is 20.6. The van der Waals surface area contributed by atoms with Gasteiger partial charge in [0.15, 0.2) is 0 Å². The fraction of sp³-hybridized carbons (Fsp3) is 0.500. The van der Waals surface area contributed by atoms with Gasteiger partial charge in [0, 0.05) is 37.5 Å². The summed E-state index contributed by atoms with van der Waals surface area (Å²) in [6, 6.07) is 3.24. The summed E-state index contributed by atoms with van der Waals surface area (Å²) in [6.07, 6.45) is -1.88. The van der Waals surface area contributed by atoms with Crippen LogP contribution in [0.5, 0.6) is 0 Å². The van der Waals surface area contributed by atoms with Gasteiger partial charge in [0.2, 0.25) is 0 Å². The summed E-state index contributed by atoms with van der Waals surface area (Å²) < 4.78 is 44.8. The van der Waals surface area contributed by atoms with Crippen molar-refractivity contribution in [3.05, 3.63) is 46.9 Å². The van der Waals surface area contributed by atoms with E-state index in [9.17, 15) is 13.2 Å². The number of rotatable bonds is 5. The number of halogens is 3. The molecule has 2 aliphatic heterocycles. The average molecular weight is 407 g/mol. The zero-order valence-corrected chi connectivity index (χ0v) is 16.2. The molecule has 0 saturated carbocycles. The van der Waals surface area contributed by atoms with E-state index in [0.717, 1.165) is 56.1 Å². The monoisotopic (exact) mass is 407 g/mol. The van der Waals surface area contributed by atoms with Crippen LogP contribution >= 0.6 is 0 Å². The van der Waals surface area contributed by atoms with Crippen LogP contribution in [0.25, 0.3) is 0 Å². The second kappa shape index (κ2) is 7.79. The number of ether oxygens (including phenoxy) is 1. The summed E-state index contributed by atoms with van der Waals surface area (Å²) in [5.41, 5.74) is 7.45. The molecule has 1 fully saturated rings. The number of nitrogens with one attached hydrogen (secondary N) is 1. The molecule has 0 amide bonds. The van der Waals surface area contributed by atoms with Gasteiger partial charge in [-0.25, -0.2) is 9.97 Å². The third-order valence-electron chi connectivity index (χ3n) is 5.49. The molecule has 0 spiro atoms. The fourth-order valence-corrected chi connectivity index (χ4v) is 3.97. The van der Waals surface area contributed by atoms with E-state index in [2.05, 4.69) is 20.2 Å². The van der Waals surface area contributed by atoms with E-state index in [-0.39, 0.29) is 5.69 Å². The standard InChI is InChI=1S/C20H24F3N5O/c1-12(14-4-15(20(21,22)23)6-16(24)5-14)27-19-17-8-28(7-13-2-3-29-10-13)9-18(17)25-11-26-19/h4-6,11-13H,2-3,7-10,24H2,1H3,(H,25,26,27)/t12-,13?/m1/s1. The van der Waals surface area contributed by atoms with Crippen molar-refractivity contribution in [2.45, 2.75) is 38.7 Å². The van der Waals surface area contributed by atoms with Gasteiger partial charge in [-0.3, -0.25) is 4.90 Å². The molecule has 3 heterocycles. The molecule has 9 heteroatoms. The molecule has 3 N–H and O–H groups in total. The van der Waals surface area contributed by atoms with Crippen molar-refractivity contribution in [1.29, 1.82) is 0 Å². The van der Waals surface area contributed by atoms with Gasteiger partial charge in [0.1, 0.15) is 12.1 Å². The van der Waals surface area contributed by atoms with Crippen LogP contribution in [0.3, 0.4) is 0 Å². The lowest BCUT2D eigenvalue weighted by Crippen LogP contribution is -2.25. The highest BCUT2D eigenvalue weighted by molar-refractivity contribution is 5.52. The Morgan fingerprint density at radius 1 is 1.28 bits per heavy atom. The molecule has 156 valence electrons. The third kappa shape index (κ3) is 4.45. The molecule has 0 bridgehead atoms. The Balaban J connectivity index is 1.50. The van der Waals surface area contributed by atoms with E-state index in [0.29, 0.717) is 23.8 Å². The molecule has 29 heavy (non-hydrogen) atoms. The number of benzene rings is 1. The molecular formula is C20H24F3N5O. The minimum Gasteiger partial charge on any atom is -0.399 e. The molecule has 0 aliphatic carbocycles. The first kappa shape index (κ1) is 19.9. The Morgan fingerprint density at radius 3 is 2.83 bits per heavy atom. The maximum absolute atomic E-state index is 13.1. The largest absolute Gasteiger partial charge is 0.416 e. The number of alkyl halides is 3. The van der Waals surface area contributed by atoms with E-state index >= 15 is 0 Å². The predicted octanol–water partition coefficient (Wildman–Crippen LogP) is 3.60. The van der Waals surface area contributed by atoms with Crippen LogP contribution in [-0.4, -0.2) is 34.6 Å². The number of hydrogen-bond acceptors (Lipinski definition) is 6. The van der Waals surface area contributed by atoms with Crippen molar-refractivity contribution in [3.63, 3.8) is 0 Å². The number of nitrogens with two attached hydrogens (primary N) is 1. The number of fused-ring (bicyclic) bond motifs is 1. The minimum atomic E-state index is -4.44. The number of aromatic nitrogens is 2. The second-order valence-electron chi connectivity index (χ2n) is 7.80. The molecule has 4 rings (SSSR count). The molecule has 6 nitrogen and oxygen atoms in total. The highest BCUT2D eigenvalue weighted by Gasteiger charge is 2.32. The number of anilines is 2. The third-order valence-corrected chi connectivity index (χ3v) is 5.49. The summed E-state index contributed by atoms with van der Waals surface area (Å²) in [5.74, 6) is 1.18. The van der Waals surface area contributed by atoms with E-state index in [1.165, 1.54) is 6.33 Å². The highest BCUT2D eigenvalue weighted by atomic mass is 19.4. The van der Waals surface area contributed by atoms with Crippen molar-refractivity contribution in [1.82, 2.24) is 14.9 Å². The van der Waals surface area contributed by atoms with Gasteiger partial charge in [0.25, 0.3) is 0 Å². The van der Waals surface area contributed by atoms with E-state index < -0.39 is 17.8 Å². The first-order valence-corrected chi connectivity index (χ1v) is 9.66. The Labute approximate surface area is 167 Å². The summed E-state index contributed by atoms with van der Waals surface area (Å²) in [7, 11) is 0. The first-order chi connectivity index (χ1) is 13.8. The van der Waals surface area contributed by atoms with Crippen LogP contribution in [0.15, 0.2) is 24.5 Å². The number of hydrogen-bond donors (Lipinski definition) is 2. The molecule has 1 aromatic carbocycles. The summed E-state index contributed by atoms with van der Waals surface area (Å²) in [6.45, 7) is 5.80. The van der Waals surface area contributed by atoms with Crippen molar-refractivity contribution in [2.24, 2.45) is 5.92 Å². The van der Waals surface area contributed by atoms with Crippen molar-refractivity contribution in [2.75, 3.05) is 30.8 Å². The van der Waals surface area contributed by atoms with Crippen LogP contribution in [0.4, 0.5) is 24.7 Å². The first-order valence-electron chi connectivity index (χ1n) is 9.66. The van der Waals surface area contributed by atoms with Crippen LogP contribution in [0.2, 0.25) is 0 Å². The Hall–Kier alpha value is -2.39. The molecule has 1 unspecified atom stereocenters. The van der Waals surface area contributed by atoms with E-state index in [4.69, 9.17) is 10.5 Å². The molecular weight excluding hydrogens is 383 g/mol. The van der Waals surface area contributed by atoms with Gasteiger partial charge in [-0.2, -0.15) is 13.2 Å². The van der Waals surface area contributed by atoms with Crippen LogP contribution < -0.4 is 11.1 Å². The minimum absolute atomic E-state index is 0.0846. The van der Waals surface area contributed by atoms with E-state index in [1.807, 2.05) is 0 Å². The molecule has 2 atom stereocenters. The van der Waals surface area contributed by atoms with Crippen LogP contribution in [0.1, 0.15) is 41.8 Å². The maximum Gasteiger partial charge on any atom is 0.416 e.